The standard InChI is InChI=1S/C15H28N2O3/c1-6-15(7-2,14(19)20)8-13(18)17-9-11(3)16(5)12(4)10-17/h11-12H,6-10H2,1-5H3,(H,19,20). The molecule has 1 heterocycles. The van der Waals surface area contributed by atoms with Crippen molar-refractivity contribution in [2.75, 3.05) is 20.1 Å². The minimum absolute atomic E-state index is 0.0251. The molecule has 5 nitrogen and oxygen atoms in total. The van der Waals surface area contributed by atoms with E-state index in [0.717, 1.165) is 0 Å². The molecule has 0 aromatic carbocycles. The number of hydrogen-bond acceptors (Lipinski definition) is 3. The summed E-state index contributed by atoms with van der Waals surface area (Å²) in [5, 5.41) is 9.44. The quantitative estimate of drug-likeness (QED) is 0.836. The molecular weight excluding hydrogens is 256 g/mol. The molecule has 0 spiro atoms. The second-order valence-corrected chi connectivity index (χ2v) is 6.13. The van der Waals surface area contributed by atoms with Crippen molar-refractivity contribution in [2.24, 2.45) is 5.41 Å². The van der Waals surface area contributed by atoms with Gasteiger partial charge < -0.3 is 10.0 Å². The number of hydrogen-bond donors (Lipinski definition) is 1. The zero-order valence-corrected chi connectivity index (χ0v) is 13.3. The minimum Gasteiger partial charge on any atom is -0.481 e. The van der Waals surface area contributed by atoms with Gasteiger partial charge in [0, 0.05) is 31.6 Å². The molecule has 1 amide bonds. The van der Waals surface area contributed by atoms with Crippen LogP contribution in [0.2, 0.25) is 0 Å². The molecule has 20 heavy (non-hydrogen) atoms. The molecule has 1 N–H and O–H groups in total. The smallest absolute Gasteiger partial charge is 0.310 e. The number of carbonyl (C=O) groups is 2. The number of nitrogens with zero attached hydrogens (tertiary/aromatic N) is 2. The highest BCUT2D eigenvalue weighted by Gasteiger charge is 2.39. The van der Waals surface area contributed by atoms with Crippen molar-refractivity contribution >= 4 is 11.9 Å². The van der Waals surface area contributed by atoms with Gasteiger partial charge in [-0.3, -0.25) is 14.5 Å². The third-order valence-corrected chi connectivity index (χ3v) is 5.01. The maximum Gasteiger partial charge on any atom is 0.310 e. The van der Waals surface area contributed by atoms with Crippen LogP contribution in [0.3, 0.4) is 0 Å². The van der Waals surface area contributed by atoms with Crippen LogP contribution in [-0.4, -0.2) is 59.0 Å². The molecule has 116 valence electrons. The zero-order chi connectivity index (χ0) is 15.5. The van der Waals surface area contributed by atoms with Crippen molar-refractivity contribution in [1.82, 2.24) is 9.80 Å². The Morgan fingerprint density at radius 2 is 1.60 bits per heavy atom. The van der Waals surface area contributed by atoms with Crippen molar-refractivity contribution in [2.45, 2.75) is 59.0 Å². The average Bonchev–Trinajstić information content (AvgIpc) is 2.41. The number of rotatable bonds is 5. The minimum atomic E-state index is -0.910. The summed E-state index contributed by atoms with van der Waals surface area (Å²) in [5.41, 5.74) is -0.910. The fourth-order valence-electron chi connectivity index (χ4n) is 2.89. The summed E-state index contributed by atoms with van der Waals surface area (Å²) in [6.07, 6.45) is 1.09. The summed E-state index contributed by atoms with van der Waals surface area (Å²) in [4.78, 5) is 28.1. The monoisotopic (exact) mass is 284 g/mol. The Labute approximate surface area is 121 Å². The first-order valence-electron chi connectivity index (χ1n) is 7.50. The van der Waals surface area contributed by atoms with Crippen molar-refractivity contribution in [3.63, 3.8) is 0 Å². The van der Waals surface area contributed by atoms with Gasteiger partial charge in [-0.1, -0.05) is 13.8 Å². The van der Waals surface area contributed by atoms with Crippen LogP contribution in [0.25, 0.3) is 0 Å². The molecule has 1 rings (SSSR count). The Morgan fingerprint density at radius 3 is 1.95 bits per heavy atom. The lowest BCUT2D eigenvalue weighted by atomic mass is 9.79. The summed E-state index contributed by atoms with van der Waals surface area (Å²) in [5.74, 6) is -0.881. The molecule has 0 saturated carbocycles. The first-order valence-corrected chi connectivity index (χ1v) is 7.50. The number of likely N-dealkylation sites (N-methyl/N-ethyl adjacent to an activating group) is 1. The summed E-state index contributed by atoms with van der Waals surface area (Å²) in [7, 11) is 2.07. The summed E-state index contributed by atoms with van der Waals surface area (Å²) < 4.78 is 0. The van der Waals surface area contributed by atoms with Gasteiger partial charge in [-0.15, -0.1) is 0 Å². The fraction of sp³-hybridized carbons (Fsp3) is 0.867. The molecule has 2 unspecified atom stereocenters. The van der Waals surface area contributed by atoms with E-state index in [4.69, 9.17) is 0 Å². The molecule has 1 fully saturated rings. The van der Waals surface area contributed by atoms with Gasteiger partial charge in [0.1, 0.15) is 0 Å². The van der Waals surface area contributed by atoms with Crippen LogP contribution < -0.4 is 0 Å². The van der Waals surface area contributed by atoms with Crippen LogP contribution in [0.4, 0.5) is 0 Å². The molecule has 0 bridgehead atoms. The maximum absolute atomic E-state index is 12.5. The normalized spacial score (nSPS) is 24.8. The van der Waals surface area contributed by atoms with E-state index < -0.39 is 11.4 Å². The molecule has 0 aromatic heterocycles. The lowest BCUT2D eigenvalue weighted by Gasteiger charge is -2.43. The third-order valence-electron chi connectivity index (χ3n) is 5.01. The van der Waals surface area contributed by atoms with Crippen LogP contribution in [0.1, 0.15) is 47.0 Å². The second-order valence-electron chi connectivity index (χ2n) is 6.13. The number of carboxylic acids is 1. The van der Waals surface area contributed by atoms with E-state index in [9.17, 15) is 14.7 Å². The van der Waals surface area contributed by atoms with Crippen LogP contribution in [0.15, 0.2) is 0 Å². The number of carboxylic acid groups (broad SMARTS) is 1. The predicted molar refractivity (Wildman–Crippen MR) is 78.5 cm³/mol. The first kappa shape index (κ1) is 17.0. The lowest BCUT2D eigenvalue weighted by Crippen LogP contribution is -2.57. The number of piperazine rings is 1. The molecule has 1 saturated heterocycles. The highest BCUT2D eigenvalue weighted by Crippen LogP contribution is 2.32. The van der Waals surface area contributed by atoms with Gasteiger partial charge in [0.2, 0.25) is 5.91 Å². The molecule has 1 aliphatic rings. The summed E-state index contributed by atoms with van der Waals surface area (Å²) in [6, 6.07) is 0.621. The molecule has 1 aliphatic heterocycles. The zero-order valence-electron chi connectivity index (χ0n) is 13.3. The van der Waals surface area contributed by atoms with Crippen LogP contribution in [0, 0.1) is 5.41 Å². The van der Waals surface area contributed by atoms with Crippen LogP contribution >= 0.6 is 0 Å². The second kappa shape index (κ2) is 6.57. The van der Waals surface area contributed by atoms with Crippen molar-refractivity contribution in [1.29, 1.82) is 0 Å². The highest BCUT2D eigenvalue weighted by molar-refractivity contribution is 5.85. The Morgan fingerprint density at radius 1 is 1.15 bits per heavy atom. The van der Waals surface area contributed by atoms with E-state index >= 15 is 0 Å². The van der Waals surface area contributed by atoms with E-state index in [1.807, 2.05) is 18.7 Å². The van der Waals surface area contributed by atoms with E-state index in [-0.39, 0.29) is 12.3 Å². The third kappa shape index (κ3) is 3.32. The Kier molecular flexibility index (Phi) is 5.57. The molecule has 2 atom stereocenters. The molecule has 0 radical (unpaired) electrons. The van der Waals surface area contributed by atoms with Gasteiger partial charge >= 0.3 is 5.97 Å². The van der Waals surface area contributed by atoms with Gasteiger partial charge in [0.15, 0.2) is 0 Å². The van der Waals surface area contributed by atoms with E-state index in [0.29, 0.717) is 38.0 Å². The topological polar surface area (TPSA) is 60.9 Å². The lowest BCUT2D eigenvalue weighted by molar-refractivity contribution is -0.155. The number of amides is 1. The van der Waals surface area contributed by atoms with Crippen molar-refractivity contribution in [3.05, 3.63) is 0 Å². The van der Waals surface area contributed by atoms with E-state index in [2.05, 4.69) is 25.8 Å². The number of carbonyl (C=O) groups excluding carboxylic acids is 1. The maximum atomic E-state index is 12.5. The van der Waals surface area contributed by atoms with Gasteiger partial charge in [0.05, 0.1) is 5.41 Å². The fourth-order valence-corrected chi connectivity index (χ4v) is 2.89. The molecule has 5 heteroatoms. The SMILES string of the molecule is CCC(CC)(CC(=O)N1CC(C)N(C)C(C)C1)C(=O)O. The van der Waals surface area contributed by atoms with E-state index in [1.165, 1.54) is 0 Å². The van der Waals surface area contributed by atoms with E-state index in [1.54, 1.807) is 0 Å². The Hall–Kier alpha value is -1.10. The summed E-state index contributed by atoms with van der Waals surface area (Å²) >= 11 is 0. The van der Waals surface area contributed by atoms with Gasteiger partial charge in [0.25, 0.3) is 0 Å². The largest absolute Gasteiger partial charge is 0.481 e. The first-order chi connectivity index (χ1) is 9.27. The average molecular weight is 284 g/mol. The van der Waals surface area contributed by atoms with Crippen LogP contribution in [0.5, 0.6) is 0 Å². The molecule has 0 aliphatic carbocycles. The van der Waals surface area contributed by atoms with Gasteiger partial charge in [-0.05, 0) is 33.7 Å². The van der Waals surface area contributed by atoms with Gasteiger partial charge in [-0.25, -0.2) is 0 Å². The molecular formula is C15H28N2O3. The van der Waals surface area contributed by atoms with Crippen LogP contribution in [-0.2, 0) is 9.59 Å². The predicted octanol–water partition coefficient (Wildman–Crippen LogP) is 1.82. The Balaban J connectivity index is 2.78. The van der Waals surface area contributed by atoms with Crippen molar-refractivity contribution < 1.29 is 14.7 Å². The van der Waals surface area contributed by atoms with Crippen molar-refractivity contribution in [3.8, 4) is 0 Å². The highest BCUT2D eigenvalue weighted by atomic mass is 16.4. The number of aliphatic carboxylic acids is 1. The van der Waals surface area contributed by atoms with Gasteiger partial charge in [-0.2, -0.15) is 0 Å². The summed E-state index contributed by atoms with van der Waals surface area (Å²) in [6.45, 7) is 9.26. The molecule has 0 aromatic rings. The Bertz CT molecular complexity index is 354.